The third-order valence-corrected chi connectivity index (χ3v) is 3.98. The highest BCUT2D eigenvalue weighted by Gasteiger charge is 2.20. The van der Waals surface area contributed by atoms with E-state index >= 15 is 0 Å². The quantitative estimate of drug-likeness (QED) is 0.720. The van der Waals surface area contributed by atoms with Crippen LogP contribution in [0.25, 0.3) is 0 Å². The van der Waals surface area contributed by atoms with Crippen LogP contribution in [0.15, 0.2) is 17.0 Å². The summed E-state index contributed by atoms with van der Waals surface area (Å²) in [4.78, 5) is 12.2. The van der Waals surface area contributed by atoms with Gasteiger partial charge in [-0.3, -0.25) is 4.79 Å². The molecule has 0 fully saturated rings. The molecule has 0 saturated heterocycles. The normalized spacial score (nSPS) is 11.3. The van der Waals surface area contributed by atoms with Crippen molar-refractivity contribution < 1.29 is 14.3 Å². The van der Waals surface area contributed by atoms with E-state index in [4.69, 9.17) is 15.2 Å². The molecular formula is C15H24N2O3S. The molecule has 1 rings (SSSR count). The molecule has 0 aliphatic heterocycles. The number of hydrogen-bond donors (Lipinski definition) is 2. The van der Waals surface area contributed by atoms with Gasteiger partial charge in [-0.2, -0.15) is 0 Å². The van der Waals surface area contributed by atoms with E-state index in [0.717, 1.165) is 10.5 Å². The number of carbonyl (C=O) groups excluding carboxylic acids is 1. The Morgan fingerprint density at radius 3 is 2.33 bits per heavy atom. The second kappa shape index (κ2) is 7.56. The lowest BCUT2D eigenvalue weighted by Crippen LogP contribution is -2.42. The van der Waals surface area contributed by atoms with Crippen LogP contribution in [0.3, 0.4) is 0 Å². The number of ether oxygens (including phenoxy) is 2. The third kappa shape index (κ3) is 5.13. The van der Waals surface area contributed by atoms with Crippen LogP contribution in [0.5, 0.6) is 11.5 Å². The van der Waals surface area contributed by atoms with Gasteiger partial charge in [-0.05, 0) is 37.8 Å². The van der Waals surface area contributed by atoms with Crippen LogP contribution in [-0.4, -0.2) is 31.9 Å². The molecule has 0 aromatic heterocycles. The summed E-state index contributed by atoms with van der Waals surface area (Å²) in [6.45, 7) is 4.53. The van der Waals surface area contributed by atoms with Gasteiger partial charge in [0.25, 0.3) is 0 Å². The van der Waals surface area contributed by atoms with E-state index in [9.17, 15) is 4.79 Å². The van der Waals surface area contributed by atoms with Gasteiger partial charge in [-0.25, -0.2) is 0 Å². The lowest BCUT2D eigenvalue weighted by molar-refractivity contribution is -0.119. The van der Waals surface area contributed by atoms with Gasteiger partial charge in [0.05, 0.1) is 14.2 Å². The number of amides is 1. The van der Waals surface area contributed by atoms with Crippen molar-refractivity contribution >= 4 is 17.7 Å². The van der Waals surface area contributed by atoms with E-state index in [1.54, 1.807) is 26.0 Å². The van der Waals surface area contributed by atoms with Crippen LogP contribution in [0.1, 0.15) is 25.8 Å². The number of rotatable bonds is 8. The predicted molar refractivity (Wildman–Crippen MR) is 86.1 cm³/mol. The second-order valence-electron chi connectivity index (χ2n) is 5.40. The molecule has 5 nitrogen and oxygen atoms in total. The molecule has 21 heavy (non-hydrogen) atoms. The van der Waals surface area contributed by atoms with Crippen molar-refractivity contribution in [3.63, 3.8) is 0 Å². The lowest BCUT2D eigenvalue weighted by atomic mass is 10.00. The zero-order chi connectivity index (χ0) is 16.0. The Morgan fingerprint density at radius 2 is 1.86 bits per heavy atom. The van der Waals surface area contributed by atoms with Crippen LogP contribution in [0.4, 0.5) is 0 Å². The van der Waals surface area contributed by atoms with Gasteiger partial charge < -0.3 is 20.5 Å². The first-order valence-electron chi connectivity index (χ1n) is 6.65. The van der Waals surface area contributed by atoms with E-state index in [0.29, 0.717) is 18.0 Å². The highest BCUT2D eigenvalue weighted by atomic mass is 32.2. The molecule has 1 amide bonds. The van der Waals surface area contributed by atoms with Crippen molar-refractivity contribution in [2.24, 2.45) is 5.73 Å². The first-order chi connectivity index (χ1) is 9.82. The largest absolute Gasteiger partial charge is 0.493 e. The number of carbonyl (C=O) groups is 1. The maximum atomic E-state index is 11.1. The molecular weight excluding hydrogens is 288 g/mol. The molecule has 0 aliphatic rings. The van der Waals surface area contributed by atoms with Crippen molar-refractivity contribution in [1.82, 2.24) is 5.32 Å². The van der Waals surface area contributed by atoms with E-state index in [1.165, 1.54) is 0 Å². The Hall–Kier alpha value is -1.40. The molecule has 0 aliphatic carbocycles. The van der Waals surface area contributed by atoms with E-state index < -0.39 is 0 Å². The molecule has 0 spiro atoms. The molecule has 118 valence electrons. The molecule has 1 aromatic carbocycles. The number of primary amides is 1. The number of nitrogens with two attached hydrogens (primary N) is 1. The molecule has 0 bridgehead atoms. The number of thioether (sulfide) groups is 1. The Kier molecular flexibility index (Phi) is 6.36. The van der Waals surface area contributed by atoms with Gasteiger partial charge >= 0.3 is 0 Å². The molecule has 0 saturated carbocycles. The average molecular weight is 312 g/mol. The monoisotopic (exact) mass is 312 g/mol. The topological polar surface area (TPSA) is 73.6 Å². The molecule has 3 N–H and O–H groups in total. The highest BCUT2D eigenvalue weighted by Crippen LogP contribution is 2.34. The fraction of sp³-hybridized carbons (Fsp3) is 0.533. The van der Waals surface area contributed by atoms with Crippen LogP contribution >= 0.6 is 11.8 Å². The smallest absolute Gasteiger partial charge is 0.219 e. The average Bonchev–Trinajstić information content (AvgIpc) is 2.42. The minimum Gasteiger partial charge on any atom is -0.493 e. The standard InChI is InChI=1S/C15H24N2O3S/c1-15(2,8-14(16)18)17-9-10-6-11(19-3)12(20-4)7-13(10)21-5/h6-7,17H,8-9H2,1-5H3,(H2,16,18). The second-order valence-corrected chi connectivity index (χ2v) is 6.25. The first-order valence-corrected chi connectivity index (χ1v) is 7.87. The molecule has 0 atom stereocenters. The summed E-state index contributed by atoms with van der Waals surface area (Å²) in [6, 6.07) is 3.92. The summed E-state index contributed by atoms with van der Waals surface area (Å²) in [7, 11) is 3.24. The number of nitrogens with one attached hydrogen (secondary N) is 1. The van der Waals surface area contributed by atoms with Crippen LogP contribution in [0.2, 0.25) is 0 Å². The predicted octanol–water partition coefficient (Wildman–Crippen LogP) is 2.17. The Labute approximate surface area is 130 Å². The Balaban J connectivity index is 2.94. The van der Waals surface area contributed by atoms with Gasteiger partial charge in [0, 0.05) is 23.4 Å². The third-order valence-electron chi connectivity index (χ3n) is 3.16. The highest BCUT2D eigenvalue weighted by molar-refractivity contribution is 7.98. The maximum Gasteiger partial charge on any atom is 0.219 e. The summed E-state index contributed by atoms with van der Waals surface area (Å²) in [5.41, 5.74) is 6.01. The summed E-state index contributed by atoms with van der Waals surface area (Å²) < 4.78 is 10.6. The molecule has 6 heteroatoms. The summed E-state index contributed by atoms with van der Waals surface area (Å²) in [5.74, 6) is 1.09. The lowest BCUT2D eigenvalue weighted by Gasteiger charge is -2.25. The summed E-state index contributed by atoms with van der Waals surface area (Å²) in [6.07, 6.45) is 2.30. The molecule has 0 heterocycles. The Bertz CT molecular complexity index is 504. The van der Waals surface area contributed by atoms with Gasteiger partial charge in [-0.15, -0.1) is 11.8 Å². The minimum absolute atomic E-state index is 0.287. The number of methoxy groups -OCH3 is 2. The van der Waals surface area contributed by atoms with E-state index in [1.807, 2.05) is 32.2 Å². The minimum atomic E-state index is -0.353. The number of hydrogen-bond acceptors (Lipinski definition) is 5. The zero-order valence-corrected chi connectivity index (χ0v) is 14.1. The Morgan fingerprint density at radius 1 is 1.29 bits per heavy atom. The van der Waals surface area contributed by atoms with Crippen molar-refractivity contribution in [3.05, 3.63) is 17.7 Å². The van der Waals surface area contributed by atoms with Gasteiger partial charge in [0.1, 0.15) is 0 Å². The molecule has 0 radical (unpaired) electrons. The molecule has 1 aromatic rings. The van der Waals surface area contributed by atoms with Crippen LogP contribution in [-0.2, 0) is 11.3 Å². The summed E-state index contributed by atoms with van der Waals surface area (Å²) in [5, 5.41) is 3.36. The zero-order valence-electron chi connectivity index (χ0n) is 13.3. The van der Waals surface area contributed by atoms with E-state index in [-0.39, 0.29) is 17.9 Å². The summed E-state index contributed by atoms with van der Waals surface area (Å²) >= 11 is 1.64. The fourth-order valence-electron chi connectivity index (χ4n) is 2.06. The van der Waals surface area contributed by atoms with E-state index in [2.05, 4.69) is 5.32 Å². The van der Waals surface area contributed by atoms with Gasteiger partial charge in [0.2, 0.25) is 5.91 Å². The van der Waals surface area contributed by atoms with Crippen LogP contribution < -0.4 is 20.5 Å². The maximum absolute atomic E-state index is 11.1. The first kappa shape index (κ1) is 17.7. The van der Waals surface area contributed by atoms with Crippen LogP contribution in [0, 0.1) is 0 Å². The van der Waals surface area contributed by atoms with Crippen molar-refractivity contribution in [2.45, 2.75) is 37.2 Å². The van der Waals surface area contributed by atoms with Gasteiger partial charge in [-0.1, -0.05) is 0 Å². The van der Waals surface area contributed by atoms with Crippen molar-refractivity contribution in [2.75, 3.05) is 20.5 Å². The van der Waals surface area contributed by atoms with Crippen molar-refractivity contribution in [3.8, 4) is 11.5 Å². The SMILES string of the molecule is COc1cc(CNC(C)(C)CC(N)=O)c(SC)cc1OC. The fourth-order valence-corrected chi connectivity index (χ4v) is 2.68. The molecule has 0 unspecified atom stereocenters. The number of benzene rings is 1. The van der Waals surface area contributed by atoms with Gasteiger partial charge in [0.15, 0.2) is 11.5 Å². The van der Waals surface area contributed by atoms with Crippen molar-refractivity contribution in [1.29, 1.82) is 0 Å².